The molecule has 0 saturated heterocycles. The molecule has 2 heterocycles. The number of aryl methyl sites for hydroxylation is 1. The lowest BCUT2D eigenvalue weighted by Crippen LogP contribution is -2.10. The number of anilines is 1. The van der Waals surface area contributed by atoms with E-state index in [2.05, 4.69) is 20.4 Å². The molecular formula is C18H20F3N5O. The molecule has 0 unspecified atom stereocenters. The molecule has 0 atom stereocenters. The van der Waals surface area contributed by atoms with Crippen molar-refractivity contribution >= 4 is 11.6 Å². The summed E-state index contributed by atoms with van der Waals surface area (Å²) < 4.78 is 45.4. The second-order valence-electron chi connectivity index (χ2n) is 6.10. The zero-order chi connectivity index (χ0) is 19.4. The minimum absolute atomic E-state index is 0.0932. The SMILES string of the molecule is CCCOCc1ccccc1CNc1cc(C)nc2nc(C(F)(F)F)nn12. The van der Waals surface area contributed by atoms with Gasteiger partial charge in [0, 0.05) is 24.9 Å². The molecule has 0 saturated carbocycles. The second-order valence-corrected chi connectivity index (χ2v) is 6.10. The van der Waals surface area contributed by atoms with E-state index < -0.39 is 12.0 Å². The predicted molar refractivity (Wildman–Crippen MR) is 94.2 cm³/mol. The molecular weight excluding hydrogens is 359 g/mol. The first-order valence-corrected chi connectivity index (χ1v) is 8.58. The first kappa shape index (κ1) is 19.1. The molecule has 0 aliphatic heterocycles. The Hall–Kier alpha value is -2.68. The number of alkyl halides is 3. The number of nitrogens with zero attached hydrogens (tertiary/aromatic N) is 4. The zero-order valence-corrected chi connectivity index (χ0v) is 15.0. The van der Waals surface area contributed by atoms with Gasteiger partial charge in [-0.05, 0) is 24.5 Å². The van der Waals surface area contributed by atoms with E-state index in [-0.39, 0.29) is 5.78 Å². The summed E-state index contributed by atoms with van der Waals surface area (Å²) >= 11 is 0. The molecule has 0 amide bonds. The van der Waals surface area contributed by atoms with Crippen molar-refractivity contribution in [3.8, 4) is 0 Å². The average molecular weight is 379 g/mol. The van der Waals surface area contributed by atoms with Crippen LogP contribution in [-0.2, 0) is 24.1 Å². The molecule has 0 fully saturated rings. The van der Waals surface area contributed by atoms with Crippen molar-refractivity contribution in [1.82, 2.24) is 19.6 Å². The number of halogens is 3. The maximum absolute atomic E-state index is 12.9. The zero-order valence-electron chi connectivity index (χ0n) is 15.0. The molecule has 0 radical (unpaired) electrons. The Kier molecular flexibility index (Phi) is 5.59. The summed E-state index contributed by atoms with van der Waals surface area (Å²) in [5, 5.41) is 6.69. The number of benzene rings is 1. The highest BCUT2D eigenvalue weighted by Crippen LogP contribution is 2.27. The van der Waals surface area contributed by atoms with Crippen LogP contribution in [0, 0.1) is 6.92 Å². The molecule has 9 heteroatoms. The lowest BCUT2D eigenvalue weighted by Gasteiger charge is -2.12. The highest BCUT2D eigenvalue weighted by Gasteiger charge is 2.36. The number of fused-ring (bicyclic) bond motifs is 1. The fourth-order valence-electron chi connectivity index (χ4n) is 2.62. The third-order valence-corrected chi connectivity index (χ3v) is 3.88. The Balaban J connectivity index is 1.84. The lowest BCUT2D eigenvalue weighted by molar-refractivity contribution is -0.144. The van der Waals surface area contributed by atoms with Crippen molar-refractivity contribution in [2.45, 2.75) is 39.6 Å². The first-order chi connectivity index (χ1) is 12.9. The lowest BCUT2D eigenvalue weighted by atomic mass is 10.1. The largest absolute Gasteiger partial charge is 0.453 e. The minimum Gasteiger partial charge on any atom is -0.377 e. The molecule has 0 aliphatic carbocycles. The fraction of sp³-hybridized carbons (Fsp3) is 0.389. The van der Waals surface area contributed by atoms with Crippen LogP contribution in [0.4, 0.5) is 19.0 Å². The Morgan fingerprint density at radius 1 is 1.15 bits per heavy atom. The molecule has 144 valence electrons. The molecule has 2 aromatic heterocycles. The number of ether oxygens (including phenoxy) is 1. The van der Waals surface area contributed by atoms with Crippen LogP contribution in [0.5, 0.6) is 0 Å². The molecule has 0 aliphatic rings. The van der Waals surface area contributed by atoms with Gasteiger partial charge in [0.15, 0.2) is 0 Å². The van der Waals surface area contributed by atoms with Gasteiger partial charge in [-0.3, -0.25) is 0 Å². The van der Waals surface area contributed by atoms with Gasteiger partial charge in [0.25, 0.3) is 11.6 Å². The van der Waals surface area contributed by atoms with E-state index in [9.17, 15) is 13.2 Å². The third-order valence-electron chi connectivity index (χ3n) is 3.88. The van der Waals surface area contributed by atoms with Crippen LogP contribution in [0.25, 0.3) is 5.78 Å². The number of hydrogen-bond donors (Lipinski definition) is 1. The van der Waals surface area contributed by atoms with Crippen molar-refractivity contribution < 1.29 is 17.9 Å². The number of aromatic nitrogens is 4. The minimum atomic E-state index is -4.62. The standard InChI is InChI=1S/C18H20F3N5O/c1-3-8-27-11-14-7-5-4-6-13(14)10-22-15-9-12(2)23-17-24-16(18(19,20)21)25-26(15)17/h4-7,9,22H,3,8,10-11H2,1-2H3. The van der Waals surface area contributed by atoms with Crippen LogP contribution in [0.3, 0.4) is 0 Å². The number of hydrogen-bond acceptors (Lipinski definition) is 5. The van der Waals surface area contributed by atoms with Crippen molar-refractivity contribution in [3.05, 3.63) is 53.0 Å². The van der Waals surface area contributed by atoms with Crippen molar-refractivity contribution in [2.75, 3.05) is 11.9 Å². The van der Waals surface area contributed by atoms with Gasteiger partial charge in [0.05, 0.1) is 6.61 Å². The topological polar surface area (TPSA) is 64.3 Å². The van der Waals surface area contributed by atoms with Gasteiger partial charge in [-0.1, -0.05) is 31.2 Å². The van der Waals surface area contributed by atoms with Crippen LogP contribution in [-0.4, -0.2) is 26.2 Å². The van der Waals surface area contributed by atoms with Gasteiger partial charge >= 0.3 is 6.18 Å². The molecule has 6 nitrogen and oxygen atoms in total. The van der Waals surface area contributed by atoms with Crippen LogP contribution in [0.15, 0.2) is 30.3 Å². The summed E-state index contributed by atoms with van der Waals surface area (Å²) in [4.78, 5) is 7.51. The van der Waals surface area contributed by atoms with E-state index in [1.807, 2.05) is 31.2 Å². The van der Waals surface area contributed by atoms with Gasteiger partial charge in [0.1, 0.15) is 5.82 Å². The fourth-order valence-corrected chi connectivity index (χ4v) is 2.62. The van der Waals surface area contributed by atoms with E-state index in [0.717, 1.165) is 22.1 Å². The highest BCUT2D eigenvalue weighted by molar-refractivity contribution is 5.46. The summed E-state index contributed by atoms with van der Waals surface area (Å²) in [6.07, 6.45) is -3.69. The van der Waals surface area contributed by atoms with Gasteiger partial charge < -0.3 is 10.1 Å². The summed E-state index contributed by atoms with van der Waals surface area (Å²) in [5.41, 5.74) is 2.56. The van der Waals surface area contributed by atoms with Crippen LogP contribution >= 0.6 is 0 Å². The predicted octanol–water partition coefficient (Wildman–Crippen LogP) is 3.99. The summed E-state index contributed by atoms with van der Waals surface area (Å²) in [7, 11) is 0. The molecule has 1 N–H and O–H groups in total. The van der Waals surface area contributed by atoms with E-state index in [1.165, 1.54) is 0 Å². The monoisotopic (exact) mass is 379 g/mol. The molecule has 3 rings (SSSR count). The summed E-state index contributed by atoms with van der Waals surface area (Å²) in [5.74, 6) is -0.911. The first-order valence-electron chi connectivity index (χ1n) is 8.58. The number of rotatable bonds is 7. The Morgan fingerprint density at radius 2 is 1.89 bits per heavy atom. The van der Waals surface area contributed by atoms with Crippen molar-refractivity contribution in [1.29, 1.82) is 0 Å². The number of nitrogens with one attached hydrogen (secondary N) is 1. The molecule has 27 heavy (non-hydrogen) atoms. The smallest absolute Gasteiger partial charge is 0.377 e. The average Bonchev–Trinajstić information content (AvgIpc) is 3.05. The molecule has 0 spiro atoms. The maximum Gasteiger partial charge on any atom is 0.453 e. The van der Waals surface area contributed by atoms with Crippen molar-refractivity contribution in [3.63, 3.8) is 0 Å². The van der Waals surface area contributed by atoms with Crippen LogP contribution < -0.4 is 5.32 Å². The molecule has 1 aromatic carbocycles. The van der Waals surface area contributed by atoms with E-state index in [4.69, 9.17) is 4.74 Å². The Labute approximate surface area is 154 Å². The van der Waals surface area contributed by atoms with Gasteiger partial charge in [0.2, 0.25) is 0 Å². The summed E-state index contributed by atoms with van der Waals surface area (Å²) in [6.45, 7) is 5.30. The van der Waals surface area contributed by atoms with Gasteiger partial charge in [-0.25, -0.2) is 4.98 Å². The Bertz CT molecular complexity index is 923. The van der Waals surface area contributed by atoms with E-state index in [1.54, 1.807) is 13.0 Å². The second kappa shape index (κ2) is 7.91. The van der Waals surface area contributed by atoms with Crippen LogP contribution in [0.1, 0.15) is 36.0 Å². The van der Waals surface area contributed by atoms with E-state index >= 15 is 0 Å². The maximum atomic E-state index is 12.9. The van der Waals surface area contributed by atoms with Crippen molar-refractivity contribution in [2.24, 2.45) is 0 Å². The molecule has 3 aromatic rings. The third kappa shape index (κ3) is 4.54. The quantitative estimate of drug-likeness (QED) is 0.629. The normalized spacial score (nSPS) is 11.9. The van der Waals surface area contributed by atoms with E-state index in [0.29, 0.717) is 31.3 Å². The van der Waals surface area contributed by atoms with Gasteiger partial charge in [-0.15, -0.1) is 5.10 Å². The summed E-state index contributed by atoms with van der Waals surface area (Å²) in [6, 6.07) is 9.39. The van der Waals surface area contributed by atoms with Crippen LogP contribution in [0.2, 0.25) is 0 Å². The molecule has 0 bridgehead atoms. The Morgan fingerprint density at radius 3 is 2.59 bits per heavy atom. The van der Waals surface area contributed by atoms with Gasteiger partial charge in [-0.2, -0.15) is 22.7 Å². The highest BCUT2D eigenvalue weighted by atomic mass is 19.4.